The fraction of sp³-hybridized carbons (Fsp3) is 0.611. The van der Waals surface area contributed by atoms with Crippen LogP contribution in [0.1, 0.15) is 72.2 Å². The van der Waals surface area contributed by atoms with Crippen molar-refractivity contribution in [3.05, 3.63) is 34.8 Å². The monoisotopic (exact) mass is 362 g/mol. The van der Waals surface area contributed by atoms with E-state index in [-0.39, 0.29) is 11.9 Å². The summed E-state index contributed by atoms with van der Waals surface area (Å²) in [6.07, 6.45) is 4.28. The van der Waals surface area contributed by atoms with Crippen molar-refractivity contribution in [3.63, 3.8) is 0 Å². The van der Waals surface area contributed by atoms with Gasteiger partial charge in [0.05, 0.1) is 6.04 Å². The van der Waals surface area contributed by atoms with Crippen molar-refractivity contribution < 1.29 is 9.21 Å². The molecule has 3 rings (SSSR count). The molecule has 0 spiro atoms. The third kappa shape index (κ3) is 4.08. The molecule has 0 radical (unpaired) electrons. The summed E-state index contributed by atoms with van der Waals surface area (Å²) in [5.74, 6) is 4.73. The van der Waals surface area contributed by atoms with Gasteiger partial charge in [-0.15, -0.1) is 0 Å². The number of carbonyl (C=O) groups is 1. The highest BCUT2D eigenvalue weighted by Crippen LogP contribution is 2.32. The number of aromatic amines is 1. The topological polar surface area (TPSA) is 75.0 Å². The van der Waals surface area contributed by atoms with E-state index in [9.17, 15) is 4.79 Å². The van der Waals surface area contributed by atoms with Gasteiger partial charge in [-0.25, -0.2) is 4.98 Å². The van der Waals surface area contributed by atoms with Crippen LogP contribution in [0.5, 0.6) is 0 Å². The number of aryl methyl sites for hydroxylation is 2. The van der Waals surface area contributed by atoms with Crippen molar-refractivity contribution in [2.24, 2.45) is 0 Å². The predicted molar refractivity (Wildman–Crippen MR) is 98.6 cm³/mol. The lowest BCUT2D eigenvalue weighted by atomic mass is 10.2. The van der Waals surface area contributed by atoms with Crippen molar-refractivity contribution in [1.82, 2.24) is 20.1 Å². The number of hydrogen-bond donors (Lipinski definition) is 1. The normalized spacial score (nSPS) is 17.4. The van der Waals surface area contributed by atoms with Gasteiger partial charge < -0.3 is 9.32 Å². The number of carbonyl (C=O) groups excluding carboxylic acids is 1. The van der Waals surface area contributed by atoms with Crippen molar-refractivity contribution in [2.75, 3.05) is 12.3 Å². The molecule has 0 saturated carbocycles. The van der Waals surface area contributed by atoms with Gasteiger partial charge in [-0.05, 0) is 44.9 Å². The van der Waals surface area contributed by atoms with Crippen LogP contribution in [0.2, 0.25) is 0 Å². The molecule has 0 bridgehead atoms. The number of unbranched alkanes of at least 4 members (excludes halogenated alkanes) is 1. The summed E-state index contributed by atoms with van der Waals surface area (Å²) in [5, 5.41) is 7.11. The summed E-state index contributed by atoms with van der Waals surface area (Å²) < 4.78 is 5.78. The van der Waals surface area contributed by atoms with Crippen LogP contribution in [0.25, 0.3) is 0 Å². The summed E-state index contributed by atoms with van der Waals surface area (Å²) in [7, 11) is 0. The van der Waals surface area contributed by atoms with E-state index in [1.807, 2.05) is 36.6 Å². The van der Waals surface area contributed by atoms with Gasteiger partial charge in [0.2, 0.25) is 0 Å². The third-order valence-electron chi connectivity index (χ3n) is 4.56. The molecule has 1 saturated heterocycles. The van der Waals surface area contributed by atoms with Crippen LogP contribution in [-0.4, -0.2) is 38.3 Å². The first kappa shape index (κ1) is 18.0. The second kappa shape index (κ2) is 8.08. The van der Waals surface area contributed by atoms with E-state index in [4.69, 9.17) is 4.42 Å². The number of amides is 1. The van der Waals surface area contributed by atoms with Crippen LogP contribution in [0.4, 0.5) is 0 Å². The summed E-state index contributed by atoms with van der Waals surface area (Å²) in [6, 6.07) is 1.85. The SMILES string of the molecule is CCCCSCc1cc(C(=O)N2CCCC2c2n[nH]c(C)n2)oc1C. The zero-order chi connectivity index (χ0) is 17.8. The highest BCUT2D eigenvalue weighted by molar-refractivity contribution is 7.98. The Morgan fingerprint density at radius 3 is 3.04 bits per heavy atom. The van der Waals surface area contributed by atoms with Gasteiger partial charge in [0.25, 0.3) is 5.91 Å². The Hall–Kier alpha value is -1.76. The predicted octanol–water partition coefficient (Wildman–Crippen LogP) is 4.03. The highest BCUT2D eigenvalue weighted by Gasteiger charge is 2.34. The maximum atomic E-state index is 12.9. The zero-order valence-corrected chi connectivity index (χ0v) is 16.0. The molecule has 7 heteroatoms. The van der Waals surface area contributed by atoms with E-state index in [1.165, 1.54) is 12.8 Å². The minimum absolute atomic E-state index is 0.0575. The van der Waals surface area contributed by atoms with Crippen LogP contribution in [0.15, 0.2) is 10.5 Å². The van der Waals surface area contributed by atoms with E-state index in [1.54, 1.807) is 0 Å². The van der Waals surface area contributed by atoms with Crippen molar-refractivity contribution in [2.45, 2.75) is 58.2 Å². The van der Waals surface area contributed by atoms with Gasteiger partial charge in [-0.2, -0.15) is 16.9 Å². The number of aromatic nitrogens is 3. The largest absolute Gasteiger partial charge is 0.456 e. The Morgan fingerprint density at radius 2 is 2.32 bits per heavy atom. The summed E-state index contributed by atoms with van der Waals surface area (Å²) in [5.41, 5.74) is 1.12. The molecule has 1 aliphatic rings. The molecule has 1 N–H and O–H groups in total. The van der Waals surface area contributed by atoms with Crippen LogP contribution >= 0.6 is 11.8 Å². The van der Waals surface area contributed by atoms with Crippen LogP contribution < -0.4 is 0 Å². The molecular weight excluding hydrogens is 336 g/mol. The average molecular weight is 362 g/mol. The number of thioether (sulfide) groups is 1. The summed E-state index contributed by atoms with van der Waals surface area (Å²) in [6.45, 7) is 6.72. The molecule has 6 nitrogen and oxygen atoms in total. The molecule has 1 amide bonds. The highest BCUT2D eigenvalue weighted by atomic mass is 32.2. The molecule has 1 atom stereocenters. The van der Waals surface area contributed by atoms with Crippen LogP contribution in [0.3, 0.4) is 0 Å². The second-order valence-corrected chi connectivity index (χ2v) is 7.64. The maximum Gasteiger partial charge on any atom is 0.290 e. The fourth-order valence-corrected chi connectivity index (χ4v) is 4.27. The second-order valence-electron chi connectivity index (χ2n) is 6.53. The van der Waals surface area contributed by atoms with Crippen LogP contribution in [0, 0.1) is 13.8 Å². The molecule has 136 valence electrons. The number of likely N-dealkylation sites (tertiary alicyclic amines) is 1. The first-order valence-electron chi connectivity index (χ1n) is 8.97. The van der Waals surface area contributed by atoms with Gasteiger partial charge in [0.1, 0.15) is 11.6 Å². The van der Waals surface area contributed by atoms with E-state index in [0.29, 0.717) is 11.6 Å². The van der Waals surface area contributed by atoms with Crippen LogP contribution in [-0.2, 0) is 5.75 Å². The first-order chi connectivity index (χ1) is 12.1. The molecule has 0 aliphatic carbocycles. The van der Waals surface area contributed by atoms with Gasteiger partial charge in [-0.3, -0.25) is 9.89 Å². The van der Waals surface area contributed by atoms with Gasteiger partial charge in [0, 0.05) is 17.9 Å². The average Bonchev–Trinajstić information content (AvgIpc) is 3.31. The number of rotatable bonds is 7. The van der Waals surface area contributed by atoms with Crippen molar-refractivity contribution in [3.8, 4) is 0 Å². The molecule has 1 aliphatic heterocycles. The molecule has 1 unspecified atom stereocenters. The van der Waals surface area contributed by atoms with E-state index in [2.05, 4.69) is 22.1 Å². The minimum atomic E-state index is -0.0646. The molecule has 1 fully saturated rings. The quantitative estimate of drug-likeness (QED) is 0.753. The standard InChI is InChI=1S/C18H26N4O2S/c1-4-5-9-25-11-14-10-16(24-12(14)2)18(23)22-8-6-7-15(22)17-19-13(3)20-21-17/h10,15H,4-9,11H2,1-3H3,(H,19,20,21). The van der Waals surface area contributed by atoms with Gasteiger partial charge in [-0.1, -0.05) is 13.3 Å². The number of H-pyrrole nitrogens is 1. The van der Waals surface area contributed by atoms with Gasteiger partial charge >= 0.3 is 0 Å². The number of nitrogens with one attached hydrogen (secondary N) is 1. The summed E-state index contributed by atoms with van der Waals surface area (Å²) in [4.78, 5) is 19.2. The molecule has 2 aromatic heterocycles. The number of hydrogen-bond acceptors (Lipinski definition) is 5. The summed E-state index contributed by atoms with van der Waals surface area (Å²) >= 11 is 1.89. The zero-order valence-electron chi connectivity index (χ0n) is 15.2. The minimum Gasteiger partial charge on any atom is -0.456 e. The van der Waals surface area contributed by atoms with E-state index < -0.39 is 0 Å². The Balaban J connectivity index is 1.69. The van der Waals surface area contributed by atoms with E-state index >= 15 is 0 Å². The lowest BCUT2D eigenvalue weighted by Crippen LogP contribution is -2.30. The Kier molecular flexibility index (Phi) is 5.83. The fourth-order valence-electron chi connectivity index (χ4n) is 3.13. The molecule has 0 aromatic carbocycles. The van der Waals surface area contributed by atoms with Crippen molar-refractivity contribution in [1.29, 1.82) is 0 Å². The molecule has 3 heterocycles. The van der Waals surface area contributed by atoms with Crippen molar-refractivity contribution >= 4 is 17.7 Å². The molecule has 2 aromatic rings. The molecular formula is C18H26N4O2S. The number of nitrogens with zero attached hydrogens (tertiary/aromatic N) is 3. The van der Waals surface area contributed by atoms with E-state index in [0.717, 1.165) is 48.0 Å². The smallest absolute Gasteiger partial charge is 0.290 e. The number of furan rings is 1. The third-order valence-corrected chi connectivity index (χ3v) is 5.65. The Morgan fingerprint density at radius 1 is 1.48 bits per heavy atom. The lowest BCUT2D eigenvalue weighted by Gasteiger charge is -2.21. The molecule has 25 heavy (non-hydrogen) atoms. The maximum absolute atomic E-state index is 12.9. The Labute approximate surface area is 152 Å². The lowest BCUT2D eigenvalue weighted by molar-refractivity contribution is 0.0696. The van der Waals surface area contributed by atoms with Gasteiger partial charge in [0.15, 0.2) is 11.6 Å². The Bertz CT molecular complexity index is 724. The first-order valence-corrected chi connectivity index (χ1v) is 10.1.